The van der Waals surface area contributed by atoms with Gasteiger partial charge in [0, 0.05) is 28.6 Å². The zero-order valence-electron chi connectivity index (χ0n) is 14.3. The number of halogens is 4. The number of nitrogen functional groups attached to an aromatic ring is 1. The predicted molar refractivity (Wildman–Crippen MR) is 91.9 cm³/mol. The smallest absolute Gasteiger partial charge is 0.398 e. The van der Waals surface area contributed by atoms with E-state index in [-0.39, 0.29) is 51.1 Å². The van der Waals surface area contributed by atoms with Gasteiger partial charge in [0.25, 0.3) is 0 Å². The number of fused-ring (bicyclic) bond motifs is 2. The summed E-state index contributed by atoms with van der Waals surface area (Å²) in [6.45, 7) is 0. The number of hydrogen-bond donors (Lipinski definition) is 1. The molecule has 5 rings (SSSR count). The number of ether oxygens (including phenoxy) is 4. The van der Waals surface area contributed by atoms with Gasteiger partial charge in [0.1, 0.15) is 0 Å². The van der Waals surface area contributed by atoms with Gasteiger partial charge in [0.05, 0.1) is 5.69 Å². The van der Waals surface area contributed by atoms with E-state index in [1.807, 2.05) is 0 Å². The van der Waals surface area contributed by atoms with E-state index in [4.69, 9.17) is 5.73 Å². The second kappa shape index (κ2) is 5.66. The van der Waals surface area contributed by atoms with Crippen molar-refractivity contribution < 1.29 is 36.5 Å². The van der Waals surface area contributed by atoms with Crippen LogP contribution in [0.3, 0.4) is 0 Å². The van der Waals surface area contributed by atoms with Crippen molar-refractivity contribution in [2.45, 2.75) is 12.6 Å². The molecule has 2 N–H and O–H groups in total. The second-order valence-electron chi connectivity index (χ2n) is 6.22. The number of anilines is 1. The first-order valence-electron chi connectivity index (χ1n) is 8.27. The lowest BCUT2D eigenvalue weighted by Crippen LogP contribution is -2.26. The summed E-state index contributed by atoms with van der Waals surface area (Å²) in [7, 11) is 0. The Kier molecular flexibility index (Phi) is 3.40. The summed E-state index contributed by atoms with van der Waals surface area (Å²) < 4.78 is 72.6. The number of alkyl halides is 4. The Balaban J connectivity index is 1.74. The molecule has 0 fully saturated rings. The highest BCUT2D eigenvalue weighted by Gasteiger charge is 2.46. The van der Waals surface area contributed by atoms with Crippen LogP contribution in [-0.2, 0) is 0 Å². The van der Waals surface area contributed by atoms with E-state index in [0.29, 0.717) is 0 Å². The molecule has 3 heterocycles. The average molecular weight is 406 g/mol. The third-order valence-electron chi connectivity index (χ3n) is 4.36. The van der Waals surface area contributed by atoms with E-state index in [1.54, 1.807) is 0 Å². The molecule has 0 saturated carbocycles. The fraction of sp³-hybridized carbons (Fsp3) is 0.105. The van der Waals surface area contributed by atoms with Gasteiger partial charge in [-0.2, -0.15) is 0 Å². The van der Waals surface area contributed by atoms with Crippen molar-refractivity contribution in [3.63, 3.8) is 0 Å². The molecule has 0 amide bonds. The predicted octanol–water partition coefficient (Wildman–Crippen LogP) is 4.64. The highest BCUT2D eigenvalue weighted by molar-refractivity contribution is 5.94. The molecule has 2 aliphatic rings. The molecule has 0 atom stereocenters. The number of para-hydroxylation sites is 2. The molecule has 0 spiro atoms. The zero-order valence-corrected chi connectivity index (χ0v) is 14.3. The van der Waals surface area contributed by atoms with Gasteiger partial charge in [-0.15, -0.1) is 17.6 Å². The third kappa shape index (κ3) is 2.75. The number of rotatable bonds is 2. The second-order valence-corrected chi connectivity index (χ2v) is 6.22. The summed E-state index contributed by atoms with van der Waals surface area (Å²) in [5.74, 6) is -0.862. The Bertz CT molecular complexity index is 1150. The number of benzene rings is 2. The van der Waals surface area contributed by atoms with Crippen LogP contribution in [0.25, 0.3) is 22.4 Å². The van der Waals surface area contributed by atoms with Crippen LogP contribution in [0.4, 0.5) is 23.2 Å². The Morgan fingerprint density at radius 1 is 0.724 bits per heavy atom. The Labute approximate surface area is 160 Å². The van der Waals surface area contributed by atoms with Crippen molar-refractivity contribution in [2.24, 2.45) is 0 Å². The van der Waals surface area contributed by atoms with Gasteiger partial charge in [-0.3, -0.25) is 4.98 Å². The summed E-state index contributed by atoms with van der Waals surface area (Å²) in [5, 5.41) is 0. The van der Waals surface area contributed by atoms with Crippen LogP contribution in [0, 0.1) is 0 Å². The summed E-state index contributed by atoms with van der Waals surface area (Å²) in [5.41, 5.74) is 6.88. The largest absolute Gasteiger partial charge is 0.586 e. The molecule has 0 aliphatic carbocycles. The van der Waals surface area contributed by atoms with Gasteiger partial charge in [-0.05, 0) is 24.3 Å². The van der Waals surface area contributed by atoms with Gasteiger partial charge in [0.2, 0.25) is 0 Å². The molecule has 29 heavy (non-hydrogen) atoms. The van der Waals surface area contributed by atoms with Gasteiger partial charge in [-0.25, -0.2) is 0 Å². The topological polar surface area (TPSA) is 75.8 Å². The van der Waals surface area contributed by atoms with Gasteiger partial charge < -0.3 is 24.7 Å². The molecule has 0 bridgehead atoms. The number of hydrogen-bond acceptors (Lipinski definition) is 6. The minimum Gasteiger partial charge on any atom is -0.398 e. The van der Waals surface area contributed by atoms with E-state index in [9.17, 15) is 17.6 Å². The fourth-order valence-corrected chi connectivity index (χ4v) is 3.29. The summed E-state index contributed by atoms with van der Waals surface area (Å²) in [6, 6.07) is 9.96. The minimum atomic E-state index is -3.84. The minimum absolute atomic E-state index is 0.121. The summed E-state index contributed by atoms with van der Waals surface area (Å²) >= 11 is 0. The summed E-state index contributed by atoms with van der Waals surface area (Å²) in [6.07, 6.45) is -6.33. The Morgan fingerprint density at radius 3 is 1.90 bits per heavy atom. The van der Waals surface area contributed by atoms with E-state index in [1.165, 1.54) is 48.7 Å². The number of aromatic nitrogens is 1. The van der Waals surface area contributed by atoms with Gasteiger partial charge >= 0.3 is 12.6 Å². The SMILES string of the molecule is Nc1ccnc(-c2cccc3c2OC(F)(F)O3)c1-c1cccc2c1OC(F)(F)O2. The van der Waals surface area contributed by atoms with Gasteiger partial charge in [-0.1, -0.05) is 18.2 Å². The lowest BCUT2D eigenvalue weighted by atomic mass is 9.96. The van der Waals surface area contributed by atoms with Crippen LogP contribution in [0.15, 0.2) is 48.7 Å². The number of nitrogens with zero attached hydrogens (tertiary/aromatic N) is 1. The van der Waals surface area contributed by atoms with E-state index >= 15 is 0 Å². The molecule has 3 aromatic rings. The maximum Gasteiger partial charge on any atom is 0.586 e. The van der Waals surface area contributed by atoms with Crippen LogP contribution < -0.4 is 24.7 Å². The molecular formula is C19H10F4N2O4. The van der Waals surface area contributed by atoms with Crippen LogP contribution in [0.2, 0.25) is 0 Å². The first-order chi connectivity index (χ1) is 13.7. The zero-order chi connectivity index (χ0) is 20.4. The van der Waals surface area contributed by atoms with Crippen LogP contribution in [0.1, 0.15) is 0 Å². The van der Waals surface area contributed by atoms with Crippen molar-refractivity contribution in [1.82, 2.24) is 4.98 Å². The molecule has 2 aromatic carbocycles. The third-order valence-corrected chi connectivity index (χ3v) is 4.36. The van der Waals surface area contributed by atoms with E-state index < -0.39 is 12.6 Å². The molecule has 1 aromatic heterocycles. The first kappa shape index (κ1) is 17.4. The first-order valence-corrected chi connectivity index (χ1v) is 8.27. The molecule has 148 valence electrons. The molecule has 2 aliphatic heterocycles. The Hall–Kier alpha value is -3.69. The fourth-order valence-electron chi connectivity index (χ4n) is 3.29. The molecule has 0 saturated heterocycles. The van der Waals surface area contributed by atoms with E-state index in [2.05, 4.69) is 23.9 Å². The molecular weight excluding hydrogens is 396 g/mol. The maximum atomic E-state index is 13.6. The maximum absolute atomic E-state index is 13.6. The molecule has 6 nitrogen and oxygen atoms in total. The highest BCUT2D eigenvalue weighted by Crippen LogP contribution is 2.52. The Morgan fingerprint density at radius 2 is 1.28 bits per heavy atom. The number of nitrogens with two attached hydrogens (primary N) is 1. The van der Waals surface area contributed by atoms with Crippen molar-refractivity contribution in [2.75, 3.05) is 5.73 Å². The standard InChI is InChI=1S/C19H10F4N2O4/c20-18(21)26-12-5-1-3-9(16(12)28-18)14-11(24)7-8-25-15(14)10-4-2-6-13-17(10)29-19(22,23)27-13/h1-8H,(H2,24,25). The van der Waals surface area contributed by atoms with Crippen LogP contribution in [0.5, 0.6) is 23.0 Å². The summed E-state index contributed by atoms with van der Waals surface area (Å²) in [4.78, 5) is 4.23. The quantitative estimate of drug-likeness (QED) is 0.625. The lowest BCUT2D eigenvalue weighted by Gasteiger charge is -2.15. The number of pyridine rings is 1. The van der Waals surface area contributed by atoms with Crippen molar-refractivity contribution in [1.29, 1.82) is 0 Å². The molecule has 0 radical (unpaired) electrons. The van der Waals surface area contributed by atoms with Gasteiger partial charge in [0.15, 0.2) is 23.0 Å². The molecule has 0 unspecified atom stereocenters. The van der Waals surface area contributed by atoms with Crippen molar-refractivity contribution in [3.05, 3.63) is 48.7 Å². The van der Waals surface area contributed by atoms with Crippen LogP contribution >= 0.6 is 0 Å². The van der Waals surface area contributed by atoms with E-state index in [0.717, 1.165) is 0 Å². The average Bonchev–Trinajstić information content (AvgIpc) is 3.13. The molecule has 10 heteroatoms. The monoisotopic (exact) mass is 406 g/mol. The normalized spacial score (nSPS) is 17.4. The lowest BCUT2D eigenvalue weighted by molar-refractivity contribution is -0.287. The highest BCUT2D eigenvalue weighted by atomic mass is 19.3. The van der Waals surface area contributed by atoms with Crippen LogP contribution in [-0.4, -0.2) is 17.6 Å². The van der Waals surface area contributed by atoms with Crippen molar-refractivity contribution in [3.8, 4) is 45.4 Å². The van der Waals surface area contributed by atoms with Crippen molar-refractivity contribution >= 4 is 5.69 Å².